The molecule has 2 aromatic carbocycles. The summed E-state index contributed by atoms with van der Waals surface area (Å²) in [5, 5.41) is 2.99. The van der Waals surface area contributed by atoms with Gasteiger partial charge >= 0.3 is 0 Å². The molecule has 6 heteroatoms. The maximum absolute atomic E-state index is 12.7. The SMILES string of the molecule is Cc1cccc(CS(=O)(=O)N2CCC(C(=O)NCCc3ccccc3)CC2)c1. The smallest absolute Gasteiger partial charge is 0.223 e. The lowest BCUT2D eigenvalue weighted by Crippen LogP contribution is -2.43. The van der Waals surface area contributed by atoms with Crippen LogP contribution in [-0.4, -0.2) is 38.3 Å². The first-order chi connectivity index (χ1) is 13.4. The second-order valence-corrected chi connectivity index (χ2v) is 9.41. The summed E-state index contributed by atoms with van der Waals surface area (Å²) < 4.78 is 26.9. The van der Waals surface area contributed by atoms with E-state index >= 15 is 0 Å². The number of piperidine rings is 1. The molecule has 1 amide bonds. The van der Waals surface area contributed by atoms with Crippen molar-refractivity contribution in [1.82, 2.24) is 9.62 Å². The van der Waals surface area contributed by atoms with E-state index in [9.17, 15) is 13.2 Å². The van der Waals surface area contributed by atoms with Gasteiger partial charge in [0, 0.05) is 25.6 Å². The Morgan fingerprint density at radius 3 is 2.39 bits per heavy atom. The number of amides is 1. The summed E-state index contributed by atoms with van der Waals surface area (Å²) in [5.74, 6) is -0.0596. The predicted octanol–water partition coefficient (Wildman–Crippen LogP) is 2.90. The molecular weight excluding hydrogens is 372 g/mol. The van der Waals surface area contributed by atoms with Gasteiger partial charge in [-0.1, -0.05) is 60.2 Å². The van der Waals surface area contributed by atoms with Gasteiger partial charge in [-0.2, -0.15) is 0 Å². The van der Waals surface area contributed by atoms with E-state index in [2.05, 4.69) is 5.32 Å². The molecule has 5 nitrogen and oxygen atoms in total. The molecule has 1 aliphatic rings. The van der Waals surface area contributed by atoms with Gasteiger partial charge in [-0.3, -0.25) is 4.79 Å². The normalized spacial score (nSPS) is 16.0. The minimum absolute atomic E-state index is 0.0165. The molecule has 0 unspecified atom stereocenters. The molecule has 0 bridgehead atoms. The van der Waals surface area contributed by atoms with E-state index in [4.69, 9.17) is 0 Å². The molecule has 0 atom stereocenters. The van der Waals surface area contributed by atoms with E-state index in [0.29, 0.717) is 32.5 Å². The average molecular weight is 401 g/mol. The quantitative estimate of drug-likeness (QED) is 0.777. The number of carbonyl (C=O) groups excluding carboxylic acids is 1. The maximum atomic E-state index is 12.7. The molecule has 0 aromatic heterocycles. The Kier molecular flexibility index (Phi) is 6.86. The van der Waals surface area contributed by atoms with Crippen LogP contribution in [0.5, 0.6) is 0 Å². The number of carbonyl (C=O) groups is 1. The Balaban J connectivity index is 1.46. The van der Waals surface area contributed by atoms with Crippen molar-refractivity contribution in [1.29, 1.82) is 0 Å². The van der Waals surface area contributed by atoms with Crippen LogP contribution < -0.4 is 5.32 Å². The van der Waals surface area contributed by atoms with Crippen LogP contribution in [0.3, 0.4) is 0 Å². The minimum Gasteiger partial charge on any atom is -0.356 e. The lowest BCUT2D eigenvalue weighted by molar-refractivity contribution is -0.126. The zero-order valence-electron chi connectivity index (χ0n) is 16.3. The Morgan fingerprint density at radius 2 is 1.71 bits per heavy atom. The second kappa shape index (κ2) is 9.34. The standard InChI is InChI=1S/C22H28N2O3S/c1-18-6-5-9-20(16-18)17-28(26,27)24-14-11-21(12-15-24)22(25)23-13-10-19-7-3-2-4-8-19/h2-9,16,21H,10-15,17H2,1H3,(H,23,25). The fraction of sp³-hybridized carbons (Fsp3) is 0.409. The van der Waals surface area contributed by atoms with E-state index in [1.165, 1.54) is 9.87 Å². The monoisotopic (exact) mass is 400 g/mol. The van der Waals surface area contributed by atoms with Crippen LogP contribution in [0.4, 0.5) is 0 Å². The van der Waals surface area contributed by atoms with Crippen LogP contribution in [-0.2, 0) is 27.0 Å². The molecule has 1 aliphatic heterocycles. The highest BCUT2D eigenvalue weighted by molar-refractivity contribution is 7.88. The summed E-state index contributed by atoms with van der Waals surface area (Å²) in [6.45, 7) is 3.38. The molecule has 150 valence electrons. The largest absolute Gasteiger partial charge is 0.356 e. The Hall–Kier alpha value is -2.18. The number of sulfonamides is 1. The number of nitrogens with zero attached hydrogens (tertiary/aromatic N) is 1. The maximum Gasteiger partial charge on any atom is 0.223 e. The van der Waals surface area contributed by atoms with Crippen molar-refractivity contribution in [3.8, 4) is 0 Å². The molecule has 2 aromatic rings. The van der Waals surface area contributed by atoms with Crippen molar-refractivity contribution < 1.29 is 13.2 Å². The summed E-state index contributed by atoms with van der Waals surface area (Å²) in [7, 11) is -3.35. The molecular formula is C22H28N2O3S. The Morgan fingerprint density at radius 1 is 1.04 bits per heavy atom. The van der Waals surface area contributed by atoms with Gasteiger partial charge in [0.25, 0.3) is 0 Å². The van der Waals surface area contributed by atoms with Crippen LogP contribution in [0.25, 0.3) is 0 Å². The van der Waals surface area contributed by atoms with E-state index in [0.717, 1.165) is 17.5 Å². The highest BCUT2D eigenvalue weighted by atomic mass is 32.2. The lowest BCUT2D eigenvalue weighted by atomic mass is 9.97. The predicted molar refractivity (Wildman–Crippen MR) is 111 cm³/mol. The number of nitrogens with one attached hydrogen (secondary N) is 1. The first-order valence-corrected chi connectivity index (χ1v) is 11.4. The molecule has 0 spiro atoms. The molecule has 0 aliphatic carbocycles. The number of rotatable bonds is 7. The van der Waals surface area contributed by atoms with E-state index < -0.39 is 10.0 Å². The van der Waals surface area contributed by atoms with E-state index in [-0.39, 0.29) is 17.6 Å². The van der Waals surface area contributed by atoms with Crippen molar-refractivity contribution in [2.45, 2.75) is 31.9 Å². The van der Waals surface area contributed by atoms with Gasteiger partial charge < -0.3 is 5.32 Å². The second-order valence-electron chi connectivity index (χ2n) is 7.45. The van der Waals surface area contributed by atoms with Gasteiger partial charge in [-0.25, -0.2) is 12.7 Å². The van der Waals surface area contributed by atoms with Crippen molar-refractivity contribution in [2.75, 3.05) is 19.6 Å². The van der Waals surface area contributed by atoms with Crippen LogP contribution in [0.15, 0.2) is 54.6 Å². The van der Waals surface area contributed by atoms with Crippen LogP contribution in [0, 0.1) is 12.8 Å². The van der Waals surface area contributed by atoms with Gasteiger partial charge in [0.05, 0.1) is 5.75 Å². The number of aryl methyl sites for hydroxylation is 1. The third-order valence-corrected chi connectivity index (χ3v) is 7.06. The zero-order valence-corrected chi connectivity index (χ0v) is 17.1. The average Bonchev–Trinajstić information content (AvgIpc) is 2.68. The minimum atomic E-state index is -3.35. The lowest BCUT2D eigenvalue weighted by Gasteiger charge is -2.30. The highest BCUT2D eigenvalue weighted by Gasteiger charge is 2.31. The van der Waals surface area contributed by atoms with Gasteiger partial charge in [0.2, 0.25) is 15.9 Å². The fourth-order valence-corrected chi connectivity index (χ4v) is 5.17. The van der Waals surface area contributed by atoms with Gasteiger partial charge in [-0.15, -0.1) is 0 Å². The van der Waals surface area contributed by atoms with Crippen molar-refractivity contribution in [3.63, 3.8) is 0 Å². The molecule has 1 heterocycles. The number of hydrogen-bond acceptors (Lipinski definition) is 3. The summed E-state index contributed by atoms with van der Waals surface area (Å²) >= 11 is 0. The Labute approximate surface area is 167 Å². The number of hydrogen-bond donors (Lipinski definition) is 1. The van der Waals surface area contributed by atoms with Crippen LogP contribution in [0.2, 0.25) is 0 Å². The number of benzene rings is 2. The van der Waals surface area contributed by atoms with Gasteiger partial charge in [0.1, 0.15) is 0 Å². The molecule has 28 heavy (non-hydrogen) atoms. The zero-order chi connectivity index (χ0) is 20.0. The van der Waals surface area contributed by atoms with Gasteiger partial charge in [0.15, 0.2) is 0 Å². The summed E-state index contributed by atoms with van der Waals surface area (Å²) in [4.78, 5) is 12.4. The summed E-state index contributed by atoms with van der Waals surface area (Å²) in [5.41, 5.74) is 3.05. The summed E-state index contributed by atoms with van der Waals surface area (Å²) in [6, 6.07) is 17.6. The van der Waals surface area contributed by atoms with Crippen molar-refractivity contribution in [3.05, 3.63) is 71.3 Å². The van der Waals surface area contributed by atoms with Crippen molar-refractivity contribution in [2.24, 2.45) is 5.92 Å². The molecule has 0 radical (unpaired) electrons. The molecule has 1 N–H and O–H groups in total. The van der Waals surface area contributed by atoms with Gasteiger partial charge in [-0.05, 0) is 37.3 Å². The van der Waals surface area contributed by atoms with E-state index in [1.807, 2.05) is 61.5 Å². The summed E-state index contributed by atoms with van der Waals surface area (Å²) in [6.07, 6.45) is 1.95. The molecule has 1 fully saturated rings. The van der Waals surface area contributed by atoms with Crippen LogP contribution in [0.1, 0.15) is 29.5 Å². The molecule has 0 saturated carbocycles. The van der Waals surface area contributed by atoms with Crippen molar-refractivity contribution >= 4 is 15.9 Å². The highest BCUT2D eigenvalue weighted by Crippen LogP contribution is 2.22. The van der Waals surface area contributed by atoms with E-state index in [1.54, 1.807) is 0 Å². The first kappa shape index (κ1) is 20.6. The molecule has 1 saturated heterocycles. The Bertz CT molecular complexity index is 889. The third kappa shape index (κ3) is 5.66. The third-order valence-electron chi connectivity index (χ3n) is 5.21. The first-order valence-electron chi connectivity index (χ1n) is 9.79. The molecule has 3 rings (SSSR count). The fourth-order valence-electron chi connectivity index (χ4n) is 3.62. The van der Waals surface area contributed by atoms with Crippen LogP contribution >= 0.6 is 0 Å². The topological polar surface area (TPSA) is 66.5 Å².